The van der Waals surface area contributed by atoms with E-state index in [4.69, 9.17) is 4.74 Å². The van der Waals surface area contributed by atoms with Crippen LogP contribution in [0.25, 0.3) is 0 Å². The van der Waals surface area contributed by atoms with Crippen LogP contribution in [0.1, 0.15) is 47.8 Å². The number of aromatic nitrogens is 1. The van der Waals surface area contributed by atoms with E-state index in [1.54, 1.807) is 36.5 Å². The Balaban J connectivity index is 1.72. The number of nitrogens with zero attached hydrogens (tertiary/aromatic N) is 2. The summed E-state index contributed by atoms with van der Waals surface area (Å²) in [6.45, 7) is 5.50. The molecule has 0 saturated carbocycles. The van der Waals surface area contributed by atoms with Crippen LogP contribution in [0.3, 0.4) is 0 Å². The van der Waals surface area contributed by atoms with Crippen molar-refractivity contribution >= 4 is 21.6 Å². The molecule has 1 aromatic heterocycles. The standard InChI is InChI=1S/C27H26N2O4S/c1-27(2,3)33-25(30)17-21-13-10-20(11-14-21)12-15-22-16-23(19-28-18-22)26(31)29-34(4,32)24-8-6-5-7-9-24/h5-11,13-14,16,18-19H,17H2,1-4H3/t34-/m0/s1. The van der Waals surface area contributed by atoms with Gasteiger partial charge >= 0.3 is 5.97 Å². The van der Waals surface area contributed by atoms with E-state index in [-0.39, 0.29) is 18.0 Å². The highest BCUT2D eigenvalue weighted by atomic mass is 32.2. The summed E-state index contributed by atoms with van der Waals surface area (Å²) in [4.78, 5) is 29.1. The van der Waals surface area contributed by atoms with Gasteiger partial charge in [-0.25, -0.2) is 4.21 Å². The first-order valence-electron chi connectivity index (χ1n) is 10.6. The Hall–Kier alpha value is -3.76. The first-order valence-corrected chi connectivity index (χ1v) is 12.5. The molecule has 174 valence electrons. The SMILES string of the molecule is CC(C)(C)OC(=O)Cc1ccc(C#Cc2cncc(C(=O)N=[S@@](C)(=O)c3ccccc3)c2)cc1. The summed E-state index contributed by atoms with van der Waals surface area (Å²) in [5.41, 5.74) is 1.80. The Morgan fingerprint density at radius 3 is 2.26 bits per heavy atom. The summed E-state index contributed by atoms with van der Waals surface area (Å²) >= 11 is 0. The monoisotopic (exact) mass is 474 g/mol. The molecule has 34 heavy (non-hydrogen) atoms. The number of amides is 1. The highest BCUT2D eigenvalue weighted by Crippen LogP contribution is 2.14. The maximum Gasteiger partial charge on any atom is 0.310 e. The van der Waals surface area contributed by atoms with Crippen molar-refractivity contribution in [2.75, 3.05) is 6.26 Å². The second-order valence-electron chi connectivity index (χ2n) is 8.68. The van der Waals surface area contributed by atoms with Crippen LogP contribution >= 0.6 is 0 Å². The normalized spacial score (nSPS) is 12.6. The second kappa shape index (κ2) is 10.4. The van der Waals surface area contributed by atoms with Crippen molar-refractivity contribution in [1.29, 1.82) is 0 Å². The van der Waals surface area contributed by atoms with Gasteiger partial charge in [0.15, 0.2) is 0 Å². The maximum absolute atomic E-state index is 12.9. The van der Waals surface area contributed by atoms with Crippen LogP contribution < -0.4 is 0 Å². The minimum atomic E-state index is -2.87. The van der Waals surface area contributed by atoms with Gasteiger partial charge in [0.05, 0.1) is 21.7 Å². The molecule has 0 fully saturated rings. The zero-order chi connectivity index (χ0) is 24.8. The zero-order valence-corrected chi connectivity index (χ0v) is 20.4. The average molecular weight is 475 g/mol. The Labute approximate surface area is 200 Å². The number of carbonyl (C=O) groups is 2. The first kappa shape index (κ1) is 24.9. The quantitative estimate of drug-likeness (QED) is 0.405. The van der Waals surface area contributed by atoms with Crippen molar-refractivity contribution in [3.05, 3.63) is 95.3 Å². The predicted octanol–water partition coefficient (Wildman–Crippen LogP) is 4.66. The summed E-state index contributed by atoms with van der Waals surface area (Å²) in [6, 6.07) is 17.5. The number of hydrogen-bond acceptors (Lipinski definition) is 5. The summed E-state index contributed by atoms with van der Waals surface area (Å²) in [6.07, 6.45) is 4.54. The molecule has 0 aliphatic heterocycles. The molecule has 7 heteroatoms. The van der Waals surface area contributed by atoms with E-state index in [0.29, 0.717) is 10.5 Å². The lowest BCUT2D eigenvalue weighted by Crippen LogP contribution is -2.24. The lowest BCUT2D eigenvalue weighted by Gasteiger charge is -2.19. The van der Waals surface area contributed by atoms with Crippen molar-refractivity contribution in [3.8, 4) is 11.8 Å². The van der Waals surface area contributed by atoms with Gasteiger partial charge in [-0.2, -0.15) is 4.36 Å². The maximum atomic E-state index is 12.9. The van der Waals surface area contributed by atoms with E-state index in [0.717, 1.165) is 11.1 Å². The summed E-state index contributed by atoms with van der Waals surface area (Å²) < 4.78 is 22.1. The first-order chi connectivity index (χ1) is 16.0. The Kier molecular flexibility index (Phi) is 7.64. The lowest BCUT2D eigenvalue weighted by atomic mass is 10.1. The molecule has 0 radical (unpaired) electrons. The Morgan fingerprint density at radius 1 is 0.971 bits per heavy atom. The van der Waals surface area contributed by atoms with Gasteiger partial charge in [-0.05, 0) is 56.7 Å². The molecule has 0 aliphatic rings. The fourth-order valence-electron chi connectivity index (χ4n) is 2.96. The fourth-order valence-corrected chi connectivity index (χ4v) is 4.15. The summed E-state index contributed by atoms with van der Waals surface area (Å²) in [7, 11) is -2.87. The van der Waals surface area contributed by atoms with E-state index >= 15 is 0 Å². The van der Waals surface area contributed by atoms with E-state index in [2.05, 4.69) is 21.2 Å². The lowest BCUT2D eigenvalue weighted by molar-refractivity contribution is -0.153. The molecule has 0 saturated heterocycles. The van der Waals surface area contributed by atoms with Crippen molar-refractivity contribution < 1.29 is 18.5 Å². The highest BCUT2D eigenvalue weighted by Gasteiger charge is 2.16. The van der Waals surface area contributed by atoms with Crippen LogP contribution in [0.2, 0.25) is 0 Å². The van der Waals surface area contributed by atoms with Gasteiger partial charge in [-0.1, -0.05) is 42.2 Å². The molecular weight excluding hydrogens is 448 g/mol. The third-order valence-corrected chi connectivity index (χ3v) is 6.16. The number of pyridine rings is 1. The molecule has 1 amide bonds. The van der Waals surface area contributed by atoms with Crippen LogP contribution in [-0.2, 0) is 25.7 Å². The van der Waals surface area contributed by atoms with Crippen LogP contribution in [0.5, 0.6) is 0 Å². The van der Waals surface area contributed by atoms with Gasteiger partial charge in [0, 0.05) is 34.7 Å². The molecule has 2 aromatic carbocycles. The smallest absolute Gasteiger partial charge is 0.310 e. The van der Waals surface area contributed by atoms with Gasteiger partial charge in [0.25, 0.3) is 5.91 Å². The Morgan fingerprint density at radius 2 is 1.62 bits per heavy atom. The van der Waals surface area contributed by atoms with Crippen LogP contribution in [0, 0.1) is 11.8 Å². The van der Waals surface area contributed by atoms with Crippen molar-refractivity contribution in [3.63, 3.8) is 0 Å². The fraction of sp³-hybridized carbons (Fsp3) is 0.222. The van der Waals surface area contributed by atoms with Crippen molar-refractivity contribution in [1.82, 2.24) is 4.98 Å². The van der Waals surface area contributed by atoms with E-state index in [1.807, 2.05) is 51.1 Å². The molecule has 1 heterocycles. The minimum Gasteiger partial charge on any atom is -0.460 e. The van der Waals surface area contributed by atoms with Crippen molar-refractivity contribution in [2.24, 2.45) is 4.36 Å². The van der Waals surface area contributed by atoms with E-state index < -0.39 is 21.2 Å². The van der Waals surface area contributed by atoms with Gasteiger partial charge < -0.3 is 4.74 Å². The third-order valence-electron chi connectivity index (χ3n) is 4.50. The van der Waals surface area contributed by atoms with E-state index in [1.165, 1.54) is 12.5 Å². The highest BCUT2D eigenvalue weighted by molar-refractivity contribution is 7.93. The average Bonchev–Trinajstić information content (AvgIpc) is 2.78. The van der Waals surface area contributed by atoms with Gasteiger partial charge in [-0.15, -0.1) is 0 Å². The number of benzene rings is 2. The molecule has 3 aromatic rings. The number of hydrogen-bond donors (Lipinski definition) is 0. The molecule has 0 spiro atoms. The molecule has 0 bridgehead atoms. The number of carbonyl (C=O) groups excluding carboxylic acids is 2. The molecular formula is C27H26N2O4S. The molecule has 0 N–H and O–H groups in total. The molecule has 0 unspecified atom stereocenters. The third kappa shape index (κ3) is 7.39. The van der Waals surface area contributed by atoms with Crippen LogP contribution in [-0.4, -0.2) is 32.9 Å². The number of ether oxygens (including phenoxy) is 1. The van der Waals surface area contributed by atoms with Crippen molar-refractivity contribution in [2.45, 2.75) is 37.7 Å². The van der Waals surface area contributed by atoms with Gasteiger partial charge in [-0.3, -0.25) is 14.6 Å². The predicted molar refractivity (Wildman–Crippen MR) is 132 cm³/mol. The number of esters is 1. The van der Waals surface area contributed by atoms with Gasteiger partial charge in [0.2, 0.25) is 0 Å². The largest absolute Gasteiger partial charge is 0.460 e. The van der Waals surface area contributed by atoms with E-state index in [9.17, 15) is 13.8 Å². The molecule has 0 aliphatic carbocycles. The molecule has 3 rings (SSSR count). The zero-order valence-electron chi connectivity index (χ0n) is 19.6. The summed E-state index contributed by atoms with van der Waals surface area (Å²) in [5, 5.41) is 0. The van der Waals surface area contributed by atoms with Gasteiger partial charge in [0.1, 0.15) is 5.60 Å². The molecule has 1 atom stereocenters. The minimum absolute atomic E-state index is 0.187. The topological polar surface area (TPSA) is 85.7 Å². The second-order valence-corrected chi connectivity index (χ2v) is 10.9. The van der Waals surface area contributed by atoms with Crippen LogP contribution in [0.15, 0.2) is 82.3 Å². The summed E-state index contributed by atoms with van der Waals surface area (Å²) in [5.74, 6) is 5.09. The molecule has 6 nitrogen and oxygen atoms in total. The van der Waals surface area contributed by atoms with Crippen LogP contribution in [0.4, 0.5) is 0 Å². The number of rotatable bonds is 4. The Bertz CT molecular complexity index is 1370.